The van der Waals surface area contributed by atoms with E-state index in [1.54, 1.807) is 40.2 Å². The Morgan fingerprint density at radius 3 is 2.40 bits per heavy atom. The maximum Gasteiger partial charge on any atom is 0.399 e. The topological polar surface area (TPSA) is 116 Å². The average molecular weight is 587 g/mol. The number of hydrogen-bond acceptors (Lipinski definition) is 7. The summed E-state index contributed by atoms with van der Waals surface area (Å²) in [5, 5.41) is 14.9. The molecule has 1 amide bonds. The van der Waals surface area contributed by atoms with Crippen LogP contribution in [-0.4, -0.2) is 46.6 Å². The van der Waals surface area contributed by atoms with Gasteiger partial charge >= 0.3 is 6.18 Å². The van der Waals surface area contributed by atoms with E-state index in [1.165, 1.54) is 0 Å². The molecule has 1 aromatic carbocycles. The molecule has 0 fully saturated rings. The summed E-state index contributed by atoms with van der Waals surface area (Å²) in [7, 11) is 1.86. The highest BCUT2D eigenvalue weighted by atomic mass is 19.4. The van der Waals surface area contributed by atoms with Gasteiger partial charge in [0.1, 0.15) is 11.1 Å². The zero-order valence-corrected chi connectivity index (χ0v) is 23.3. The number of anilines is 1. The van der Waals surface area contributed by atoms with Crippen molar-refractivity contribution in [1.29, 1.82) is 0 Å². The Labute approximate surface area is 243 Å². The van der Waals surface area contributed by atoms with E-state index >= 15 is 0 Å². The number of nitrogens with one attached hydrogen (secondary N) is 1. The number of carbonyl (C=O) groups is 1. The molecule has 0 unspecified atom stereocenters. The fourth-order valence-electron chi connectivity index (χ4n) is 4.64. The first-order valence-electron chi connectivity index (χ1n) is 13.2. The lowest BCUT2D eigenvalue weighted by molar-refractivity contribution is -0.181. The number of nitrogens with zero attached hydrogens (tertiary/aromatic N) is 7. The second-order valence-electron chi connectivity index (χ2n) is 10.6. The highest BCUT2D eigenvalue weighted by Crippen LogP contribution is 2.40. The van der Waals surface area contributed by atoms with Gasteiger partial charge in [0, 0.05) is 60.2 Å². The van der Waals surface area contributed by atoms with E-state index in [0.29, 0.717) is 11.3 Å². The van der Waals surface area contributed by atoms with Gasteiger partial charge in [-0.15, -0.1) is 0 Å². The van der Waals surface area contributed by atoms with Crippen LogP contribution in [0.25, 0.3) is 39.0 Å². The van der Waals surface area contributed by atoms with E-state index in [2.05, 4.69) is 30.6 Å². The minimum atomic E-state index is -4.52. The summed E-state index contributed by atoms with van der Waals surface area (Å²) < 4.78 is 48.4. The first-order chi connectivity index (χ1) is 20.5. The molecular formula is C30H25F3N8O2. The highest BCUT2D eigenvalue weighted by molar-refractivity contribution is 5.94. The Hall–Kier alpha value is -5.33. The van der Waals surface area contributed by atoms with Crippen LogP contribution in [0.4, 0.5) is 19.1 Å². The van der Waals surface area contributed by atoms with E-state index < -0.39 is 17.5 Å². The van der Waals surface area contributed by atoms with Crippen molar-refractivity contribution in [2.75, 3.05) is 5.32 Å². The first kappa shape index (κ1) is 27.8. The average Bonchev–Trinajstić information content (AvgIpc) is 3.73. The lowest BCUT2D eigenvalue weighted by atomic mass is 9.89. The third kappa shape index (κ3) is 5.36. The number of benzene rings is 1. The molecule has 1 N–H and O–H groups in total. The number of amides is 1. The summed E-state index contributed by atoms with van der Waals surface area (Å²) >= 11 is 0. The van der Waals surface area contributed by atoms with Gasteiger partial charge in [-0.2, -0.15) is 23.4 Å². The number of carbonyl (C=O) groups excluding carboxylic acids is 1. The van der Waals surface area contributed by atoms with Crippen LogP contribution in [0.2, 0.25) is 0 Å². The summed E-state index contributed by atoms with van der Waals surface area (Å²) in [6.07, 6.45) is 7.81. The molecule has 0 atom stereocenters. The second-order valence-corrected chi connectivity index (χ2v) is 10.6. The van der Waals surface area contributed by atoms with Crippen molar-refractivity contribution >= 4 is 17.3 Å². The zero-order valence-electron chi connectivity index (χ0n) is 23.3. The molecule has 0 radical (unpaired) electrons. The molecule has 0 bridgehead atoms. The van der Waals surface area contributed by atoms with Gasteiger partial charge in [0.2, 0.25) is 11.8 Å². The Morgan fingerprint density at radius 1 is 0.930 bits per heavy atom. The third-order valence-corrected chi connectivity index (χ3v) is 7.24. The number of aromatic nitrogens is 7. The van der Waals surface area contributed by atoms with Crippen LogP contribution in [-0.2, 0) is 23.7 Å². The van der Waals surface area contributed by atoms with Crippen molar-refractivity contribution in [3.8, 4) is 33.5 Å². The van der Waals surface area contributed by atoms with E-state index in [1.807, 2.05) is 49.8 Å². The Balaban J connectivity index is 1.25. The number of aryl methyl sites for hydroxylation is 1. The predicted molar refractivity (Wildman–Crippen MR) is 152 cm³/mol. The van der Waals surface area contributed by atoms with Crippen molar-refractivity contribution in [3.05, 3.63) is 91.0 Å². The van der Waals surface area contributed by atoms with Gasteiger partial charge in [0.05, 0.1) is 36.2 Å². The molecule has 0 aliphatic carbocycles. The maximum absolute atomic E-state index is 13.3. The molecule has 218 valence electrons. The number of halogens is 3. The monoisotopic (exact) mass is 586 g/mol. The summed E-state index contributed by atoms with van der Waals surface area (Å²) in [5.41, 5.74) is 4.08. The molecular weight excluding hydrogens is 561 g/mol. The minimum Gasteiger partial charge on any atom is -0.338 e. The van der Waals surface area contributed by atoms with Gasteiger partial charge in [0.15, 0.2) is 0 Å². The lowest BCUT2D eigenvalue weighted by Crippen LogP contribution is -2.36. The molecule has 13 heteroatoms. The summed E-state index contributed by atoms with van der Waals surface area (Å²) in [6.45, 7) is 2.00. The van der Waals surface area contributed by atoms with E-state index in [4.69, 9.17) is 4.52 Å². The predicted octanol–water partition coefficient (Wildman–Crippen LogP) is 5.87. The van der Waals surface area contributed by atoms with E-state index in [9.17, 15) is 18.0 Å². The van der Waals surface area contributed by atoms with Crippen LogP contribution >= 0.6 is 0 Å². The van der Waals surface area contributed by atoms with Crippen molar-refractivity contribution in [3.63, 3.8) is 0 Å². The number of hydrogen-bond donors (Lipinski definition) is 1. The maximum atomic E-state index is 13.3. The number of pyridine rings is 1. The quantitative estimate of drug-likeness (QED) is 0.249. The van der Waals surface area contributed by atoms with Crippen molar-refractivity contribution in [2.24, 2.45) is 7.05 Å². The van der Waals surface area contributed by atoms with Crippen LogP contribution in [0.5, 0.6) is 0 Å². The fraction of sp³-hybridized carbons (Fsp3) is 0.200. The lowest BCUT2D eigenvalue weighted by Gasteiger charge is -2.24. The minimum absolute atomic E-state index is 0.0208. The standard InChI is InChI=1S/C30H25F3N8O2/c1-29(2,30(31,32)33)25-12-27(43-39-25)38-26(42)10-18-4-6-19(7-5-18)23-14-37-41-17-20(21-13-36-40(3)16-21)11-22(28(23)41)24-15-34-8-9-35-24/h4-9,11-17H,10H2,1-3H3,(H,38,42). The molecule has 0 aliphatic heterocycles. The van der Waals surface area contributed by atoms with Crippen molar-refractivity contribution in [1.82, 2.24) is 34.5 Å². The third-order valence-electron chi connectivity index (χ3n) is 7.24. The van der Waals surface area contributed by atoms with Gasteiger partial charge in [-0.3, -0.25) is 24.8 Å². The van der Waals surface area contributed by atoms with Crippen LogP contribution < -0.4 is 5.32 Å². The van der Waals surface area contributed by atoms with Crippen LogP contribution in [0.15, 0.2) is 84.3 Å². The Bertz CT molecular complexity index is 1920. The molecule has 0 saturated heterocycles. The summed E-state index contributed by atoms with van der Waals surface area (Å²) in [5.74, 6) is -0.605. The number of alkyl halides is 3. The van der Waals surface area contributed by atoms with Crippen molar-refractivity contribution < 1.29 is 22.5 Å². The van der Waals surface area contributed by atoms with E-state index in [-0.39, 0.29) is 18.0 Å². The Kier molecular flexibility index (Phi) is 6.79. The Morgan fingerprint density at radius 2 is 1.72 bits per heavy atom. The van der Waals surface area contributed by atoms with Gasteiger partial charge in [-0.25, -0.2) is 4.52 Å². The number of rotatable bonds is 7. The van der Waals surface area contributed by atoms with Crippen LogP contribution in [0, 0.1) is 0 Å². The van der Waals surface area contributed by atoms with Crippen molar-refractivity contribution in [2.45, 2.75) is 31.9 Å². The number of fused-ring (bicyclic) bond motifs is 1. The smallest absolute Gasteiger partial charge is 0.338 e. The molecule has 5 heterocycles. The highest BCUT2D eigenvalue weighted by Gasteiger charge is 2.50. The molecule has 6 rings (SSSR count). The fourth-order valence-corrected chi connectivity index (χ4v) is 4.64. The van der Waals surface area contributed by atoms with Crippen LogP contribution in [0.1, 0.15) is 25.1 Å². The van der Waals surface area contributed by atoms with Gasteiger partial charge in [-0.1, -0.05) is 29.4 Å². The molecule has 0 aliphatic rings. The van der Waals surface area contributed by atoms with Crippen LogP contribution in [0.3, 0.4) is 0 Å². The molecule has 10 nitrogen and oxygen atoms in total. The largest absolute Gasteiger partial charge is 0.399 e. The summed E-state index contributed by atoms with van der Waals surface area (Å²) in [4.78, 5) is 21.4. The van der Waals surface area contributed by atoms with Gasteiger partial charge in [-0.05, 0) is 31.0 Å². The SMILES string of the molecule is Cn1cc(-c2cc(-c3cnccn3)c3c(-c4ccc(CC(=O)Nc5cc(C(C)(C)C(F)(F)F)no5)cc4)cnn3c2)cn1. The molecule has 43 heavy (non-hydrogen) atoms. The molecule has 5 aromatic heterocycles. The van der Waals surface area contributed by atoms with E-state index in [0.717, 1.165) is 53.2 Å². The molecule has 0 saturated carbocycles. The zero-order chi connectivity index (χ0) is 30.4. The van der Waals surface area contributed by atoms with Gasteiger partial charge in [0.25, 0.3) is 0 Å². The first-order valence-corrected chi connectivity index (χ1v) is 13.2. The summed E-state index contributed by atoms with van der Waals surface area (Å²) in [6, 6.07) is 10.5. The van der Waals surface area contributed by atoms with Gasteiger partial charge < -0.3 is 4.52 Å². The molecule has 0 spiro atoms. The molecule has 6 aromatic rings. The normalized spacial score (nSPS) is 12.1. The second kappa shape index (κ2) is 10.5.